The summed E-state index contributed by atoms with van der Waals surface area (Å²) in [6.07, 6.45) is 4.73. The van der Waals surface area contributed by atoms with Crippen LogP contribution in [0.2, 0.25) is 5.02 Å². The highest BCUT2D eigenvalue weighted by Gasteiger charge is 2.22. The number of hydrogen-bond donors (Lipinski definition) is 2. The summed E-state index contributed by atoms with van der Waals surface area (Å²) in [5, 5.41) is 11.3. The molecule has 0 spiro atoms. The van der Waals surface area contributed by atoms with Crippen LogP contribution in [-0.4, -0.2) is 47.9 Å². The van der Waals surface area contributed by atoms with Crippen molar-refractivity contribution in [3.8, 4) is 28.5 Å². The Labute approximate surface area is 187 Å². The molecule has 4 aromatic rings. The van der Waals surface area contributed by atoms with Crippen LogP contribution in [0.5, 0.6) is 5.88 Å². The maximum Gasteiger partial charge on any atom is 0.276 e. The van der Waals surface area contributed by atoms with Gasteiger partial charge in [0.15, 0.2) is 5.69 Å². The molecule has 1 amide bonds. The normalized spacial score (nSPS) is 10.8. The van der Waals surface area contributed by atoms with E-state index in [1.807, 2.05) is 0 Å². The van der Waals surface area contributed by atoms with Crippen LogP contribution < -0.4 is 15.8 Å². The molecule has 0 aliphatic rings. The number of nitrogens with two attached hydrogens (primary N) is 1. The summed E-state index contributed by atoms with van der Waals surface area (Å²) in [5.41, 5.74) is 8.18. The molecule has 4 heterocycles. The van der Waals surface area contributed by atoms with Gasteiger partial charge in [0.1, 0.15) is 17.2 Å². The largest absolute Gasteiger partial charge is 0.479 e. The average molecular weight is 452 g/mol. The fourth-order valence-electron chi connectivity index (χ4n) is 2.93. The van der Waals surface area contributed by atoms with E-state index >= 15 is 0 Å². The average Bonchev–Trinajstić information content (AvgIpc) is 3.21. The number of hydrogen-bond acceptors (Lipinski definition) is 9. The minimum Gasteiger partial charge on any atom is -0.479 e. The van der Waals surface area contributed by atoms with Crippen LogP contribution in [0.1, 0.15) is 16.3 Å². The third-order valence-electron chi connectivity index (χ3n) is 4.50. The second kappa shape index (κ2) is 9.04. The first-order valence-electron chi connectivity index (χ1n) is 9.39. The van der Waals surface area contributed by atoms with Crippen LogP contribution in [0.3, 0.4) is 0 Å². The van der Waals surface area contributed by atoms with Crippen LogP contribution >= 0.6 is 11.6 Å². The van der Waals surface area contributed by atoms with Crippen molar-refractivity contribution < 1.29 is 9.53 Å². The molecule has 4 aromatic heterocycles. The fraction of sp³-hybridized carbons (Fsp3) is 0.150. The molecule has 0 radical (unpaired) electrons. The van der Waals surface area contributed by atoms with Crippen molar-refractivity contribution in [1.29, 1.82) is 0 Å². The van der Waals surface area contributed by atoms with Gasteiger partial charge in [0.2, 0.25) is 5.88 Å². The molecule has 0 unspecified atom stereocenters. The molecule has 0 aromatic carbocycles. The van der Waals surface area contributed by atoms with Gasteiger partial charge in [0.25, 0.3) is 5.91 Å². The number of methoxy groups -OCH3 is 1. The topological polar surface area (TPSA) is 147 Å². The second-order valence-corrected chi connectivity index (χ2v) is 7.01. The van der Waals surface area contributed by atoms with E-state index in [0.29, 0.717) is 39.2 Å². The van der Waals surface area contributed by atoms with E-state index in [1.54, 1.807) is 43.7 Å². The Hall–Kier alpha value is -3.96. The van der Waals surface area contributed by atoms with Crippen molar-refractivity contribution >= 4 is 23.2 Å². The van der Waals surface area contributed by atoms with Gasteiger partial charge in [-0.2, -0.15) is 0 Å². The molecule has 0 saturated carbocycles. The van der Waals surface area contributed by atoms with Crippen LogP contribution in [0, 0.1) is 0 Å². The van der Waals surface area contributed by atoms with Crippen LogP contribution in [0.4, 0.5) is 5.69 Å². The Morgan fingerprint density at radius 2 is 1.88 bits per heavy atom. The third-order valence-corrected chi connectivity index (χ3v) is 4.72. The van der Waals surface area contributed by atoms with Gasteiger partial charge in [-0.3, -0.25) is 9.78 Å². The quantitative estimate of drug-likeness (QED) is 0.449. The Kier molecular flexibility index (Phi) is 6.01. The number of carbonyl (C=O) groups is 1. The minimum atomic E-state index is -0.451. The van der Waals surface area contributed by atoms with Crippen molar-refractivity contribution in [1.82, 2.24) is 34.9 Å². The molecule has 0 aliphatic carbocycles. The number of nitrogens with one attached hydrogen (secondary N) is 1. The molecule has 12 heteroatoms. The van der Waals surface area contributed by atoms with Gasteiger partial charge in [0.05, 0.1) is 30.1 Å². The molecule has 162 valence electrons. The zero-order valence-electron chi connectivity index (χ0n) is 17.2. The predicted molar refractivity (Wildman–Crippen MR) is 117 cm³/mol. The van der Waals surface area contributed by atoms with Gasteiger partial charge < -0.3 is 15.8 Å². The summed E-state index contributed by atoms with van der Waals surface area (Å²) in [7, 11) is 3.08. The van der Waals surface area contributed by atoms with Crippen molar-refractivity contribution in [3.05, 3.63) is 59.4 Å². The molecule has 4 rings (SSSR count). The lowest BCUT2D eigenvalue weighted by atomic mass is 10.2. The number of rotatable bonds is 6. The molecular formula is C20H18ClN9O2. The van der Waals surface area contributed by atoms with E-state index in [2.05, 4.69) is 35.6 Å². The summed E-state index contributed by atoms with van der Waals surface area (Å²) in [6.45, 7) is 0.248. The summed E-state index contributed by atoms with van der Waals surface area (Å²) >= 11 is 5.90. The van der Waals surface area contributed by atoms with Crippen LogP contribution in [-0.2, 0) is 13.6 Å². The third kappa shape index (κ3) is 4.24. The van der Waals surface area contributed by atoms with E-state index in [0.717, 1.165) is 0 Å². The first kappa shape index (κ1) is 21.3. The van der Waals surface area contributed by atoms with Gasteiger partial charge in [0, 0.05) is 31.2 Å². The van der Waals surface area contributed by atoms with Gasteiger partial charge >= 0.3 is 0 Å². The molecule has 3 N–H and O–H groups in total. The van der Waals surface area contributed by atoms with E-state index < -0.39 is 5.91 Å². The van der Waals surface area contributed by atoms with Crippen molar-refractivity contribution in [2.75, 3.05) is 12.4 Å². The summed E-state index contributed by atoms with van der Waals surface area (Å²) in [5.74, 6) is 0.299. The molecule has 0 bridgehead atoms. The number of ether oxygens (including phenoxy) is 1. The van der Waals surface area contributed by atoms with Crippen LogP contribution in [0.25, 0.3) is 22.6 Å². The number of aromatic nitrogens is 7. The minimum absolute atomic E-state index is 0.219. The Morgan fingerprint density at radius 1 is 1.12 bits per heavy atom. The van der Waals surface area contributed by atoms with E-state index in [9.17, 15) is 4.79 Å². The lowest BCUT2D eigenvalue weighted by Crippen LogP contribution is -2.18. The number of carbonyl (C=O) groups excluding carboxylic acids is 1. The molecular weight excluding hydrogens is 434 g/mol. The van der Waals surface area contributed by atoms with Crippen molar-refractivity contribution in [2.45, 2.75) is 6.54 Å². The molecule has 0 aliphatic heterocycles. The predicted octanol–water partition coefficient (Wildman–Crippen LogP) is 2.10. The Balaban J connectivity index is 1.62. The van der Waals surface area contributed by atoms with Gasteiger partial charge in [-0.25, -0.2) is 19.6 Å². The molecule has 0 atom stereocenters. The first-order valence-corrected chi connectivity index (χ1v) is 9.77. The standard InChI is InChI=1S/C20H18ClN9O2/c1-30-18(17(28-29-30)14-4-3-12(21)10-23-14)19(31)26-15-6-5-13(27-20(15)32-2)11-8-24-16(7-22)25-9-11/h3-6,8-10H,7,22H2,1-2H3,(H,26,31). The molecule has 11 nitrogen and oxygen atoms in total. The highest BCUT2D eigenvalue weighted by molar-refractivity contribution is 6.30. The SMILES string of the molecule is COc1nc(-c2cnc(CN)nc2)ccc1NC(=O)c1c(-c2ccc(Cl)cn2)nnn1C. The number of amides is 1. The van der Waals surface area contributed by atoms with Gasteiger partial charge in [-0.1, -0.05) is 16.8 Å². The number of halogens is 1. The Morgan fingerprint density at radius 3 is 2.53 bits per heavy atom. The monoisotopic (exact) mass is 451 g/mol. The first-order chi connectivity index (χ1) is 15.5. The number of pyridine rings is 2. The number of nitrogens with zero attached hydrogens (tertiary/aromatic N) is 7. The van der Waals surface area contributed by atoms with Crippen LogP contribution in [0.15, 0.2) is 42.9 Å². The smallest absolute Gasteiger partial charge is 0.276 e. The maximum atomic E-state index is 13.1. The zero-order chi connectivity index (χ0) is 22.7. The molecule has 0 saturated heterocycles. The van der Waals surface area contributed by atoms with Gasteiger partial charge in [-0.15, -0.1) is 5.10 Å². The Bertz CT molecular complexity index is 1260. The van der Waals surface area contributed by atoms with E-state index in [1.165, 1.54) is 18.0 Å². The summed E-state index contributed by atoms with van der Waals surface area (Å²) in [4.78, 5) is 30.1. The van der Waals surface area contributed by atoms with Crippen molar-refractivity contribution in [3.63, 3.8) is 0 Å². The summed E-state index contributed by atoms with van der Waals surface area (Å²) < 4.78 is 6.74. The fourth-order valence-corrected chi connectivity index (χ4v) is 3.04. The zero-order valence-corrected chi connectivity index (χ0v) is 17.9. The van der Waals surface area contributed by atoms with Gasteiger partial charge in [-0.05, 0) is 24.3 Å². The number of anilines is 1. The maximum absolute atomic E-state index is 13.1. The lowest BCUT2D eigenvalue weighted by molar-refractivity contribution is 0.101. The highest BCUT2D eigenvalue weighted by atomic mass is 35.5. The molecule has 32 heavy (non-hydrogen) atoms. The highest BCUT2D eigenvalue weighted by Crippen LogP contribution is 2.28. The summed E-state index contributed by atoms with van der Waals surface area (Å²) in [6, 6.07) is 6.73. The second-order valence-electron chi connectivity index (χ2n) is 6.57. The lowest BCUT2D eigenvalue weighted by Gasteiger charge is -2.11. The molecule has 0 fully saturated rings. The van der Waals surface area contributed by atoms with E-state index in [-0.39, 0.29) is 18.1 Å². The van der Waals surface area contributed by atoms with Crippen molar-refractivity contribution in [2.24, 2.45) is 12.8 Å². The number of aryl methyl sites for hydroxylation is 1. The van der Waals surface area contributed by atoms with E-state index in [4.69, 9.17) is 22.1 Å².